The fraction of sp³-hybridized carbons (Fsp3) is 0.118. The van der Waals surface area contributed by atoms with E-state index in [9.17, 15) is 13.6 Å². The van der Waals surface area contributed by atoms with E-state index in [1.165, 1.54) is 18.5 Å². The third-order valence-electron chi connectivity index (χ3n) is 4.05. The molecule has 24 heavy (non-hydrogen) atoms. The molecule has 2 aromatic heterocycles. The molecule has 5 nitrogen and oxygen atoms in total. The lowest BCUT2D eigenvalue weighted by molar-refractivity contribution is -0.116. The molecule has 1 N–H and O–H groups in total. The van der Waals surface area contributed by atoms with Crippen LogP contribution < -0.4 is 5.32 Å². The third-order valence-corrected chi connectivity index (χ3v) is 4.05. The molecule has 1 atom stereocenters. The SMILES string of the molecule is O=C1CC(c2cccc(F)c2F)c2ncn(-c3cccnc3)c2N1. The van der Waals surface area contributed by atoms with E-state index >= 15 is 0 Å². The Labute approximate surface area is 136 Å². The maximum Gasteiger partial charge on any atom is 0.226 e. The number of hydrogen-bond acceptors (Lipinski definition) is 3. The Hall–Kier alpha value is -3.09. The summed E-state index contributed by atoms with van der Waals surface area (Å²) < 4.78 is 29.4. The average Bonchev–Trinajstić information content (AvgIpc) is 3.01. The van der Waals surface area contributed by atoms with Crippen LogP contribution in [0.1, 0.15) is 23.6 Å². The molecular formula is C17H12F2N4O. The predicted octanol–water partition coefficient (Wildman–Crippen LogP) is 3.02. The summed E-state index contributed by atoms with van der Waals surface area (Å²) in [6.45, 7) is 0. The van der Waals surface area contributed by atoms with Crippen LogP contribution in [0.25, 0.3) is 5.69 Å². The lowest BCUT2D eigenvalue weighted by atomic mass is 9.89. The van der Waals surface area contributed by atoms with E-state index in [1.54, 1.807) is 23.0 Å². The van der Waals surface area contributed by atoms with Crippen molar-refractivity contribution in [2.24, 2.45) is 0 Å². The van der Waals surface area contributed by atoms with Crippen molar-refractivity contribution in [1.29, 1.82) is 0 Å². The van der Waals surface area contributed by atoms with Crippen molar-refractivity contribution >= 4 is 11.7 Å². The quantitative estimate of drug-likeness (QED) is 0.787. The van der Waals surface area contributed by atoms with Gasteiger partial charge < -0.3 is 5.32 Å². The molecule has 1 unspecified atom stereocenters. The smallest absolute Gasteiger partial charge is 0.226 e. The number of amides is 1. The maximum atomic E-state index is 14.2. The van der Waals surface area contributed by atoms with Gasteiger partial charge in [0.1, 0.15) is 12.1 Å². The monoisotopic (exact) mass is 326 g/mol. The van der Waals surface area contributed by atoms with Crippen LogP contribution in [0.3, 0.4) is 0 Å². The number of halogens is 2. The summed E-state index contributed by atoms with van der Waals surface area (Å²) in [5, 5.41) is 2.76. The van der Waals surface area contributed by atoms with Gasteiger partial charge in [0, 0.05) is 24.1 Å². The van der Waals surface area contributed by atoms with E-state index < -0.39 is 17.6 Å². The molecule has 1 aromatic carbocycles. The molecular weight excluding hydrogens is 314 g/mol. The minimum Gasteiger partial charge on any atom is -0.310 e. The third kappa shape index (κ3) is 2.25. The maximum absolute atomic E-state index is 14.2. The van der Waals surface area contributed by atoms with Gasteiger partial charge >= 0.3 is 0 Å². The van der Waals surface area contributed by atoms with Gasteiger partial charge in [-0.15, -0.1) is 0 Å². The molecule has 0 spiro atoms. The molecule has 3 heterocycles. The summed E-state index contributed by atoms with van der Waals surface area (Å²) in [4.78, 5) is 20.5. The lowest BCUT2D eigenvalue weighted by Gasteiger charge is -2.23. The topological polar surface area (TPSA) is 59.8 Å². The van der Waals surface area contributed by atoms with E-state index in [4.69, 9.17) is 0 Å². The highest BCUT2D eigenvalue weighted by atomic mass is 19.2. The van der Waals surface area contributed by atoms with Crippen molar-refractivity contribution in [3.05, 3.63) is 71.9 Å². The highest BCUT2D eigenvalue weighted by molar-refractivity contribution is 5.94. The highest BCUT2D eigenvalue weighted by Gasteiger charge is 2.33. The van der Waals surface area contributed by atoms with Gasteiger partial charge in [0.15, 0.2) is 11.6 Å². The molecule has 0 fully saturated rings. The molecule has 0 saturated heterocycles. The first-order valence-corrected chi connectivity index (χ1v) is 7.36. The van der Waals surface area contributed by atoms with Crippen LogP contribution >= 0.6 is 0 Å². The zero-order valence-electron chi connectivity index (χ0n) is 12.4. The Kier molecular flexibility index (Phi) is 3.34. The molecule has 0 saturated carbocycles. The summed E-state index contributed by atoms with van der Waals surface area (Å²) in [5.41, 5.74) is 1.34. The summed E-state index contributed by atoms with van der Waals surface area (Å²) in [7, 11) is 0. The van der Waals surface area contributed by atoms with E-state index in [0.29, 0.717) is 17.2 Å². The molecule has 4 rings (SSSR count). The predicted molar refractivity (Wildman–Crippen MR) is 82.8 cm³/mol. The van der Waals surface area contributed by atoms with Gasteiger partial charge in [0.25, 0.3) is 0 Å². The Balaban J connectivity index is 1.86. The Morgan fingerprint density at radius 2 is 2.08 bits per heavy atom. The van der Waals surface area contributed by atoms with Gasteiger partial charge in [-0.3, -0.25) is 14.3 Å². The second kappa shape index (κ2) is 5.52. The fourth-order valence-corrected chi connectivity index (χ4v) is 2.95. The van der Waals surface area contributed by atoms with Gasteiger partial charge in [-0.1, -0.05) is 12.1 Å². The number of pyridine rings is 1. The zero-order valence-corrected chi connectivity index (χ0v) is 12.4. The van der Waals surface area contributed by atoms with Crippen molar-refractivity contribution in [2.45, 2.75) is 12.3 Å². The number of imidazole rings is 1. The second-order valence-electron chi connectivity index (χ2n) is 5.51. The fourth-order valence-electron chi connectivity index (χ4n) is 2.95. The summed E-state index contributed by atoms with van der Waals surface area (Å²) in [6.07, 6.45) is 4.81. The van der Waals surface area contributed by atoms with Crippen molar-refractivity contribution in [1.82, 2.24) is 14.5 Å². The second-order valence-corrected chi connectivity index (χ2v) is 5.51. The van der Waals surface area contributed by atoms with Crippen LogP contribution in [0.15, 0.2) is 49.1 Å². The van der Waals surface area contributed by atoms with E-state index in [1.807, 2.05) is 6.07 Å². The molecule has 1 amide bonds. The minimum atomic E-state index is -0.945. The standard InChI is InChI=1S/C17H12F2N4O/c18-13-5-1-4-11(15(13)19)12-7-14(24)22-17-16(12)21-9-23(17)10-3-2-6-20-8-10/h1-6,8-9,12H,7H2,(H,22,24). The number of anilines is 1. The lowest BCUT2D eigenvalue weighted by Crippen LogP contribution is -2.25. The number of nitrogens with one attached hydrogen (secondary N) is 1. The number of benzene rings is 1. The van der Waals surface area contributed by atoms with E-state index in [-0.39, 0.29) is 17.9 Å². The number of fused-ring (bicyclic) bond motifs is 1. The summed E-state index contributed by atoms with van der Waals surface area (Å²) in [5.74, 6) is -2.34. The molecule has 0 radical (unpaired) electrons. The number of rotatable bonds is 2. The van der Waals surface area contributed by atoms with Gasteiger partial charge in [-0.2, -0.15) is 0 Å². The Morgan fingerprint density at radius 3 is 2.88 bits per heavy atom. The molecule has 120 valence electrons. The highest BCUT2D eigenvalue weighted by Crippen LogP contribution is 2.38. The first kappa shape index (κ1) is 14.5. The molecule has 3 aromatic rings. The van der Waals surface area contributed by atoms with Crippen LogP contribution in [0.5, 0.6) is 0 Å². The number of nitrogens with zero attached hydrogens (tertiary/aromatic N) is 3. The molecule has 0 aliphatic carbocycles. The van der Waals surface area contributed by atoms with Crippen LogP contribution in [-0.4, -0.2) is 20.4 Å². The molecule has 1 aliphatic rings. The molecule has 0 bridgehead atoms. The summed E-state index contributed by atoms with van der Waals surface area (Å²) in [6, 6.07) is 7.53. The van der Waals surface area contributed by atoms with Crippen molar-refractivity contribution < 1.29 is 13.6 Å². The van der Waals surface area contributed by atoms with Gasteiger partial charge in [0.2, 0.25) is 5.91 Å². The Bertz CT molecular complexity index is 924. The van der Waals surface area contributed by atoms with Gasteiger partial charge in [-0.05, 0) is 18.2 Å². The van der Waals surface area contributed by atoms with Crippen LogP contribution in [0.4, 0.5) is 14.6 Å². The van der Waals surface area contributed by atoms with Crippen molar-refractivity contribution in [3.8, 4) is 5.69 Å². The number of hydrogen-bond donors (Lipinski definition) is 1. The Morgan fingerprint density at radius 1 is 1.21 bits per heavy atom. The number of carbonyl (C=O) groups excluding carboxylic acids is 1. The van der Waals surface area contributed by atoms with Gasteiger partial charge in [-0.25, -0.2) is 13.8 Å². The van der Waals surface area contributed by atoms with Crippen LogP contribution in [0, 0.1) is 11.6 Å². The molecule has 1 aliphatic heterocycles. The van der Waals surface area contributed by atoms with E-state index in [2.05, 4.69) is 15.3 Å². The first-order valence-electron chi connectivity index (χ1n) is 7.36. The summed E-state index contributed by atoms with van der Waals surface area (Å²) >= 11 is 0. The average molecular weight is 326 g/mol. The van der Waals surface area contributed by atoms with Crippen molar-refractivity contribution in [2.75, 3.05) is 5.32 Å². The number of aromatic nitrogens is 3. The van der Waals surface area contributed by atoms with E-state index in [0.717, 1.165) is 6.07 Å². The van der Waals surface area contributed by atoms with Crippen LogP contribution in [0.2, 0.25) is 0 Å². The zero-order chi connectivity index (χ0) is 16.7. The number of carbonyl (C=O) groups is 1. The van der Waals surface area contributed by atoms with Gasteiger partial charge in [0.05, 0.1) is 17.6 Å². The minimum absolute atomic E-state index is 0.0113. The largest absolute Gasteiger partial charge is 0.310 e. The normalized spacial score (nSPS) is 16.6. The molecule has 7 heteroatoms. The van der Waals surface area contributed by atoms with Crippen LogP contribution in [-0.2, 0) is 4.79 Å². The van der Waals surface area contributed by atoms with Crippen molar-refractivity contribution in [3.63, 3.8) is 0 Å². The first-order chi connectivity index (χ1) is 11.6.